The van der Waals surface area contributed by atoms with Gasteiger partial charge in [-0.1, -0.05) is 15.9 Å². The van der Waals surface area contributed by atoms with Crippen LogP contribution >= 0.6 is 15.9 Å². The number of imide groups is 1. The Bertz CT molecular complexity index is 1200. The summed E-state index contributed by atoms with van der Waals surface area (Å²) in [7, 11) is 1.18. The fourth-order valence-corrected chi connectivity index (χ4v) is 3.27. The molecule has 1 aliphatic rings. The lowest BCUT2D eigenvalue weighted by Gasteiger charge is -2.10. The summed E-state index contributed by atoms with van der Waals surface area (Å²) in [6, 6.07) is 6.33. The number of ether oxygens (including phenoxy) is 2. The Hall–Kier alpha value is -4.18. The lowest BCUT2D eigenvalue weighted by molar-refractivity contribution is -0.385. The first kappa shape index (κ1) is 22.5. The molecule has 0 spiro atoms. The molecule has 0 bridgehead atoms. The van der Waals surface area contributed by atoms with Crippen LogP contribution < -0.4 is 10.1 Å². The topological polar surface area (TPSA) is 165 Å². The molecule has 1 N–H and O–H groups in total. The van der Waals surface area contributed by atoms with E-state index >= 15 is 0 Å². The fourth-order valence-electron chi connectivity index (χ4n) is 2.80. The Morgan fingerprint density at radius 1 is 1.41 bits per heavy atom. The zero-order valence-electron chi connectivity index (χ0n) is 16.3. The third kappa shape index (κ3) is 4.60. The van der Waals surface area contributed by atoms with Gasteiger partial charge in [0.1, 0.15) is 17.5 Å². The fraction of sp³-hybridized carbons (Fsp3) is 0.158. The van der Waals surface area contributed by atoms with E-state index in [-0.39, 0.29) is 35.1 Å². The summed E-state index contributed by atoms with van der Waals surface area (Å²) in [5.41, 5.74) is -0.511. The van der Waals surface area contributed by atoms with Crippen molar-refractivity contribution in [3.8, 4) is 11.8 Å². The Morgan fingerprint density at radius 3 is 2.81 bits per heavy atom. The number of nitrogens with zero attached hydrogens (tertiary/aromatic N) is 3. The highest BCUT2D eigenvalue weighted by atomic mass is 79.9. The van der Waals surface area contributed by atoms with Crippen LogP contribution in [-0.2, 0) is 16.1 Å². The van der Waals surface area contributed by atoms with Gasteiger partial charge in [-0.25, -0.2) is 9.59 Å². The lowest BCUT2D eigenvalue weighted by Crippen LogP contribution is -2.30. The molecule has 1 aromatic carbocycles. The number of furan rings is 1. The summed E-state index contributed by atoms with van der Waals surface area (Å²) in [4.78, 5) is 48.1. The summed E-state index contributed by atoms with van der Waals surface area (Å²) >= 11 is 3.15. The molecule has 2 aromatic rings. The Morgan fingerprint density at radius 2 is 2.16 bits per heavy atom. The highest BCUT2D eigenvalue weighted by molar-refractivity contribution is 9.10. The number of benzene rings is 1. The number of nitrogens with one attached hydrogen (secondary N) is 1. The normalized spacial score (nSPS) is 14.3. The number of urea groups is 1. The molecule has 164 valence electrons. The molecule has 32 heavy (non-hydrogen) atoms. The number of nitriles is 1. The molecular weight excluding hydrogens is 492 g/mol. The van der Waals surface area contributed by atoms with Gasteiger partial charge in [0.2, 0.25) is 11.5 Å². The number of rotatable bonds is 7. The average molecular weight is 505 g/mol. The second-order valence-electron chi connectivity index (χ2n) is 6.18. The van der Waals surface area contributed by atoms with Crippen LogP contribution in [0.15, 0.2) is 38.9 Å². The minimum atomic E-state index is -0.763. The van der Waals surface area contributed by atoms with E-state index in [9.17, 15) is 24.5 Å². The number of esters is 1. The number of hydrogen-bond donors (Lipinski definition) is 1. The predicted octanol–water partition coefficient (Wildman–Crippen LogP) is 2.73. The van der Waals surface area contributed by atoms with Gasteiger partial charge in [0, 0.05) is 16.1 Å². The third-order valence-corrected chi connectivity index (χ3v) is 4.62. The van der Waals surface area contributed by atoms with Crippen LogP contribution in [0, 0.1) is 21.4 Å². The van der Waals surface area contributed by atoms with Gasteiger partial charge in [0.05, 0.1) is 18.6 Å². The molecule has 3 rings (SSSR count). The average Bonchev–Trinajstić information content (AvgIpc) is 3.32. The van der Waals surface area contributed by atoms with Crippen molar-refractivity contribution >= 4 is 45.6 Å². The SMILES string of the molecule is COC(=O)c1ccc(CN2C(=O)N/C(=C\c3cc(Br)cc([N+](=O)[O-])c3OCC#N)C2=O)o1. The number of carbonyl (C=O) groups is 3. The van der Waals surface area contributed by atoms with Crippen LogP contribution in [0.3, 0.4) is 0 Å². The van der Waals surface area contributed by atoms with Crippen molar-refractivity contribution in [3.05, 3.63) is 61.6 Å². The molecule has 3 amide bonds. The van der Waals surface area contributed by atoms with Crippen LogP contribution in [0.25, 0.3) is 6.08 Å². The maximum Gasteiger partial charge on any atom is 0.373 e. The van der Waals surface area contributed by atoms with Crippen LogP contribution in [-0.4, -0.2) is 41.4 Å². The van der Waals surface area contributed by atoms with E-state index in [2.05, 4.69) is 26.0 Å². The van der Waals surface area contributed by atoms with E-state index in [0.29, 0.717) is 4.47 Å². The van der Waals surface area contributed by atoms with Crippen LogP contribution in [0.5, 0.6) is 5.75 Å². The number of amides is 3. The van der Waals surface area contributed by atoms with E-state index < -0.39 is 35.1 Å². The molecule has 0 unspecified atom stereocenters. The molecule has 1 aliphatic heterocycles. The van der Waals surface area contributed by atoms with Crippen molar-refractivity contribution in [1.82, 2.24) is 10.2 Å². The number of nitro groups is 1. The van der Waals surface area contributed by atoms with Crippen molar-refractivity contribution in [2.75, 3.05) is 13.7 Å². The van der Waals surface area contributed by atoms with Gasteiger partial charge in [0.15, 0.2) is 6.61 Å². The van der Waals surface area contributed by atoms with Crippen molar-refractivity contribution in [3.63, 3.8) is 0 Å². The van der Waals surface area contributed by atoms with Gasteiger partial charge in [-0.05, 0) is 24.3 Å². The van der Waals surface area contributed by atoms with Gasteiger partial charge in [-0.2, -0.15) is 5.26 Å². The molecule has 1 saturated heterocycles. The second-order valence-corrected chi connectivity index (χ2v) is 7.10. The van der Waals surface area contributed by atoms with Gasteiger partial charge in [-0.3, -0.25) is 19.8 Å². The summed E-state index contributed by atoms with van der Waals surface area (Å²) in [6.07, 6.45) is 1.20. The molecular formula is C19H13BrN4O8. The van der Waals surface area contributed by atoms with E-state index in [1.165, 1.54) is 37.5 Å². The summed E-state index contributed by atoms with van der Waals surface area (Å²) < 4.78 is 15.3. The molecule has 2 heterocycles. The van der Waals surface area contributed by atoms with Crippen molar-refractivity contribution in [1.29, 1.82) is 5.26 Å². The van der Waals surface area contributed by atoms with E-state index in [1.54, 1.807) is 6.07 Å². The first-order valence-electron chi connectivity index (χ1n) is 8.74. The van der Waals surface area contributed by atoms with Gasteiger partial charge in [0.25, 0.3) is 5.91 Å². The van der Waals surface area contributed by atoms with Gasteiger partial charge in [-0.15, -0.1) is 0 Å². The zero-order chi connectivity index (χ0) is 23.4. The Kier molecular flexibility index (Phi) is 6.55. The first-order chi connectivity index (χ1) is 15.2. The largest absolute Gasteiger partial charge is 0.471 e. The minimum absolute atomic E-state index is 0.0916. The summed E-state index contributed by atoms with van der Waals surface area (Å²) in [5.74, 6) is -1.62. The maximum absolute atomic E-state index is 12.8. The molecule has 0 radical (unpaired) electrons. The quantitative estimate of drug-likeness (QED) is 0.196. The zero-order valence-corrected chi connectivity index (χ0v) is 17.9. The first-order valence-corrected chi connectivity index (χ1v) is 9.53. The van der Waals surface area contributed by atoms with Crippen LogP contribution in [0.1, 0.15) is 21.9 Å². The molecule has 0 atom stereocenters. The number of hydrogen-bond acceptors (Lipinski definition) is 9. The monoisotopic (exact) mass is 504 g/mol. The highest BCUT2D eigenvalue weighted by Gasteiger charge is 2.35. The standard InChI is InChI=1S/C19H13BrN4O8/c1-30-18(26)15-3-2-12(32-15)9-23-17(25)13(22-19(23)27)7-10-6-11(20)8-14(24(28)29)16(10)31-5-4-21/h2-3,6-8H,5,9H2,1H3,(H,22,27)/b13-7-. The van der Waals surface area contributed by atoms with Crippen molar-refractivity contribution < 1.29 is 33.2 Å². The molecule has 12 nitrogen and oxygen atoms in total. The van der Waals surface area contributed by atoms with E-state index in [4.69, 9.17) is 14.4 Å². The maximum atomic E-state index is 12.8. The van der Waals surface area contributed by atoms with Gasteiger partial charge >= 0.3 is 17.7 Å². The van der Waals surface area contributed by atoms with Crippen LogP contribution in [0.2, 0.25) is 0 Å². The van der Waals surface area contributed by atoms with Crippen molar-refractivity contribution in [2.24, 2.45) is 0 Å². The lowest BCUT2D eigenvalue weighted by atomic mass is 10.1. The van der Waals surface area contributed by atoms with E-state index in [0.717, 1.165) is 4.90 Å². The molecule has 1 aromatic heterocycles. The summed E-state index contributed by atoms with van der Waals surface area (Å²) in [5, 5.41) is 22.5. The summed E-state index contributed by atoms with van der Waals surface area (Å²) in [6.45, 7) is -0.735. The smallest absolute Gasteiger partial charge is 0.373 e. The Balaban J connectivity index is 1.92. The number of halogens is 1. The highest BCUT2D eigenvalue weighted by Crippen LogP contribution is 2.36. The minimum Gasteiger partial charge on any atom is -0.471 e. The van der Waals surface area contributed by atoms with Gasteiger partial charge < -0.3 is 19.2 Å². The van der Waals surface area contributed by atoms with Crippen LogP contribution in [0.4, 0.5) is 10.5 Å². The number of carbonyl (C=O) groups excluding carboxylic acids is 3. The number of methoxy groups -OCH3 is 1. The number of nitro benzene ring substituents is 1. The molecule has 0 saturated carbocycles. The molecule has 0 aliphatic carbocycles. The Labute approximate surface area is 188 Å². The molecule has 13 heteroatoms. The van der Waals surface area contributed by atoms with Crippen molar-refractivity contribution in [2.45, 2.75) is 6.54 Å². The van der Waals surface area contributed by atoms with E-state index in [1.807, 2.05) is 0 Å². The second kappa shape index (κ2) is 9.31. The third-order valence-electron chi connectivity index (χ3n) is 4.16. The molecule has 1 fully saturated rings. The predicted molar refractivity (Wildman–Crippen MR) is 109 cm³/mol.